The van der Waals surface area contributed by atoms with Gasteiger partial charge in [-0.15, -0.1) is 0 Å². The third-order valence-corrected chi connectivity index (χ3v) is 6.07. The number of aromatic nitrogens is 2. The normalized spacial score (nSPS) is 12.0. The fourth-order valence-electron chi connectivity index (χ4n) is 4.21. The molecule has 0 unspecified atom stereocenters. The number of benzene rings is 3. The Labute approximate surface area is 183 Å². The highest BCUT2D eigenvalue weighted by atomic mass is 19.1. The number of hydrogen-bond acceptors (Lipinski definition) is 2. The molecule has 0 saturated carbocycles. The van der Waals surface area contributed by atoms with Crippen molar-refractivity contribution in [3.8, 4) is 0 Å². The number of nitrogens with one attached hydrogen (secondary N) is 2. The summed E-state index contributed by atoms with van der Waals surface area (Å²) in [6.45, 7) is 3.76. The van der Waals surface area contributed by atoms with Crippen LogP contribution in [0.3, 0.4) is 0 Å². The van der Waals surface area contributed by atoms with Crippen molar-refractivity contribution in [3.05, 3.63) is 94.0 Å². The maximum atomic E-state index is 14.9. The Kier molecular flexibility index (Phi) is 4.41. The van der Waals surface area contributed by atoms with Gasteiger partial charge < -0.3 is 14.9 Å². The zero-order chi connectivity index (χ0) is 22.6. The Morgan fingerprint density at radius 3 is 2.59 bits per heavy atom. The van der Waals surface area contributed by atoms with Crippen molar-refractivity contribution in [3.63, 3.8) is 0 Å². The summed E-state index contributed by atoms with van der Waals surface area (Å²) in [7, 11) is 1.98. The van der Waals surface area contributed by atoms with Gasteiger partial charge >= 0.3 is 0 Å². The van der Waals surface area contributed by atoms with Crippen LogP contribution in [0.1, 0.15) is 29.8 Å². The third-order valence-electron chi connectivity index (χ3n) is 6.07. The highest BCUT2D eigenvalue weighted by Gasteiger charge is 2.26. The topological polar surface area (TPSA) is 66.9 Å². The molecule has 0 saturated heterocycles. The molecule has 0 aliphatic rings. The van der Waals surface area contributed by atoms with Crippen molar-refractivity contribution in [2.75, 3.05) is 0 Å². The molecule has 1 amide bonds. The first-order chi connectivity index (χ1) is 15.2. The molecule has 0 aliphatic heterocycles. The summed E-state index contributed by atoms with van der Waals surface area (Å²) in [5.74, 6) is -1.28. The molecule has 160 valence electrons. The molecular weight excluding hydrogens is 405 g/mol. The van der Waals surface area contributed by atoms with Gasteiger partial charge in [-0.2, -0.15) is 0 Å². The summed E-state index contributed by atoms with van der Waals surface area (Å²) >= 11 is 0. The Bertz CT molecular complexity index is 1590. The fraction of sp³-hybridized carbons (Fsp3) is 0.154. The van der Waals surface area contributed by atoms with Crippen LogP contribution < -0.4 is 10.7 Å². The zero-order valence-electron chi connectivity index (χ0n) is 18.0. The number of pyridine rings is 1. The van der Waals surface area contributed by atoms with Crippen LogP contribution in [-0.2, 0) is 12.6 Å². The summed E-state index contributed by atoms with van der Waals surface area (Å²) in [6.07, 6.45) is 1.98. The van der Waals surface area contributed by atoms with Gasteiger partial charge in [0.15, 0.2) is 5.43 Å². The van der Waals surface area contributed by atoms with Crippen molar-refractivity contribution in [2.45, 2.75) is 19.4 Å². The number of para-hydroxylation sites is 1. The summed E-state index contributed by atoms with van der Waals surface area (Å²) in [6, 6.07) is 17.6. The Morgan fingerprint density at radius 1 is 1.00 bits per heavy atom. The molecule has 2 N–H and O–H groups in total. The van der Waals surface area contributed by atoms with Crippen LogP contribution in [-0.4, -0.2) is 15.5 Å². The number of halogens is 1. The number of fused-ring (bicyclic) bond motifs is 3. The minimum absolute atomic E-state index is 0.114. The van der Waals surface area contributed by atoms with Gasteiger partial charge in [0.1, 0.15) is 5.82 Å². The lowest BCUT2D eigenvalue weighted by molar-refractivity contribution is 0.0908. The maximum Gasteiger partial charge on any atom is 0.255 e. The zero-order valence-corrected chi connectivity index (χ0v) is 18.0. The van der Waals surface area contributed by atoms with E-state index in [9.17, 15) is 14.0 Å². The molecule has 5 rings (SSSR count). The molecule has 0 radical (unpaired) electrons. The van der Waals surface area contributed by atoms with Crippen LogP contribution in [0.5, 0.6) is 0 Å². The summed E-state index contributed by atoms with van der Waals surface area (Å²) in [5.41, 5.74) is 1.94. The highest BCUT2D eigenvalue weighted by molar-refractivity contribution is 6.00. The molecule has 0 bridgehead atoms. The number of carbonyl (C=O) groups is 1. The van der Waals surface area contributed by atoms with Crippen molar-refractivity contribution < 1.29 is 9.18 Å². The van der Waals surface area contributed by atoms with Crippen LogP contribution in [0.15, 0.2) is 71.7 Å². The molecule has 0 atom stereocenters. The van der Waals surface area contributed by atoms with Crippen LogP contribution in [0, 0.1) is 5.82 Å². The lowest BCUT2D eigenvalue weighted by atomic mass is 9.92. The first-order valence-electron chi connectivity index (χ1n) is 10.4. The lowest BCUT2D eigenvalue weighted by Crippen LogP contribution is -2.41. The molecule has 2 aromatic heterocycles. The number of rotatable bonds is 3. The molecular formula is C26H22FN3O2. The molecule has 2 heterocycles. The van der Waals surface area contributed by atoms with Crippen molar-refractivity contribution >= 4 is 38.6 Å². The van der Waals surface area contributed by atoms with E-state index in [2.05, 4.69) is 10.3 Å². The number of hydrogen-bond donors (Lipinski definition) is 2. The van der Waals surface area contributed by atoms with Gasteiger partial charge in [-0.25, -0.2) is 4.39 Å². The van der Waals surface area contributed by atoms with Crippen molar-refractivity contribution in [1.29, 1.82) is 0 Å². The number of nitrogens with zero attached hydrogens (tertiary/aromatic N) is 1. The van der Waals surface area contributed by atoms with Gasteiger partial charge in [0, 0.05) is 35.1 Å². The van der Waals surface area contributed by atoms with Crippen LogP contribution in [0.2, 0.25) is 0 Å². The van der Waals surface area contributed by atoms with Gasteiger partial charge in [-0.3, -0.25) is 9.59 Å². The number of amides is 1. The van der Waals surface area contributed by atoms with E-state index in [-0.39, 0.29) is 16.4 Å². The van der Waals surface area contributed by atoms with Crippen molar-refractivity contribution in [2.24, 2.45) is 7.05 Å². The predicted molar refractivity (Wildman–Crippen MR) is 125 cm³/mol. The number of aryl methyl sites for hydroxylation is 1. The average molecular weight is 427 g/mol. The maximum absolute atomic E-state index is 14.9. The quantitative estimate of drug-likeness (QED) is 0.399. The van der Waals surface area contributed by atoms with Gasteiger partial charge in [0.2, 0.25) is 0 Å². The second kappa shape index (κ2) is 7.05. The Hall–Kier alpha value is -3.93. The van der Waals surface area contributed by atoms with E-state index < -0.39 is 17.3 Å². The van der Waals surface area contributed by atoms with E-state index in [1.165, 1.54) is 6.07 Å². The van der Waals surface area contributed by atoms with E-state index in [1.54, 1.807) is 18.2 Å². The first-order valence-corrected chi connectivity index (χ1v) is 10.4. The predicted octanol–water partition coefficient (Wildman–Crippen LogP) is 4.98. The standard InChI is InChI=1S/C26H22FN3O2/c1-26(2,16-8-9-23-15(12-16)10-11-30(23)3)29-25(32)18-14-22-19(13-20(18)27)24(31)17-6-4-5-7-21(17)28-22/h4-14H,1-3H3,(H,28,31)(H,29,32). The molecule has 0 fully saturated rings. The van der Waals surface area contributed by atoms with E-state index in [0.29, 0.717) is 16.4 Å². The van der Waals surface area contributed by atoms with Gasteiger partial charge in [-0.1, -0.05) is 18.2 Å². The average Bonchev–Trinajstić information content (AvgIpc) is 3.14. The number of aromatic amines is 1. The van der Waals surface area contributed by atoms with Gasteiger partial charge in [-0.05, 0) is 67.3 Å². The van der Waals surface area contributed by atoms with E-state index in [4.69, 9.17) is 0 Å². The fourth-order valence-corrected chi connectivity index (χ4v) is 4.21. The molecule has 0 spiro atoms. The second-order valence-corrected chi connectivity index (χ2v) is 8.66. The molecule has 0 aliphatic carbocycles. The van der Waals surface area contributed by atoms with E-state index in [0.717, 1.165) is 22.5 Å². The smallest absolute Gasteiger partial charge is 0.255 e. The lowest BCUT2D eigenvalue weighted by Gasteiger charge is -2.27. The van der Waals surface area contributed by atoms with Gasteiger partial charge in [0.25, 0.3) is 5.91 Å². The highest BCUT2D eigenvalue weighted by Crippen LogP contribution is 2.26. The number of H-pyrrole nitrogens is 1. The Morgan fingerprint density at radius 2 is 1.78 bits per heavy atom. The summed E-state index contributed by atoms with van der Waals surface area (Å²) in [4.78, 5) is 29.0. The van der Waals surface area contributed by atoms with E-state index in [1.807, 2.05) is 62.0 Å². The first kappa shape index (κ1) is 20.0. The SMILES string of the molecule is Cn1ccc2cc(C(C)(C)NC(=O)c3cc4[nH]c5ccccc5c(=O)c4cc3F)ccc21. The van der Waals surface area contributed by atoms with Crippen LogP contribution in [0.4, 0.5) is 4.39 Å². The molecule has 32 heavy (non-hydrogen) atoms. The molecule has 3 aromatic carbocycles. The van der Waals surface area contributed by atoms with Crippen LogP contribution in [0.25, 0.3) is 32.7 Å². The molecule has 5 nitrogen and oxygen atoms in total. The van der Waals surface area contributed by atoms with Gasteiger partial charge in [0.05, 0.1) is 16.6 Å². The number of carbonyl (C=O) groups excluding carboxylic acids is 1. The minimum atomic E-state index is -0.737. The second-order valence-electron chi connectivity index (χ2n) is 8.66. The van der Waals surface area contributed by atoms with E-state index >= 15 is 0 Å². The summed E-state index contributed by atoms with van der Waals surface area (Å²) in [5, 5.41) is 4.70. The third kappa shape index (κ3) is 3.15. The monoisotopic (exact) mass is 427 g/mol. The molecule has 6 heteroatoms. The molecule has 5 aromatic rings. The van der Waals surface area contributed by atoms with Crippen LogP contribution >= 0.6 is 0 Å². The van der Waals surface area contributed by atoms with Crippen molar-refractivity contribution in [1.82, 2.24) is 14.9 Å². The largest absolute Gasteiger partial charge is 0.354 e. The summed E-state index contributed by atoms with van der Waals surface area (Å²) < 4.78 is 16.9. The Balaban J connectivity index is 1.53. The minimum Gasteiger partial charge on any atom is -0.354 e.